The molecule has 2 rings (SSSR count). The van der Waals surface area contributed by atoms with Crippen molar-refractivity contribution in [3.63, 3.8) is 0 Å². The number of benzene rings is 1. The Hall–Kier alpha value is -0.840. The highest BCUT2D eigenvalue weighted by atomic mass is 35.5. The van der Waals surface area contributed by atoms with E-state index in [4.69, 9.17) is 16.3 Å². The third-order valence-corrected chi connectivity index (χ3v) is 3.41. The first-order chi connectivity index (χ1) is 8.70. The largest absolute Gasteiger partial charge is 0.493 e. The SMILES string of the molecule is COc1c(F)cc(Cl)cc1CCN1CCNCC1. The fourth-order valence-electron chi connectivity index (χ4n) is 2.24. The molecule has 1 aromatic rings. The molecule has 0 aliphatic carbocycles. The number of ether oxygens (including phenoxy) is 1. The summed E-state index contributed by atoms with van der Waals surface area (Å²) in [6, 6.07) is 3.07. The highest BCUT2D eigenvalue weighted by Gasteiger charge is 2.14. The summed E-state index contributed by atoms with van der Waals surface area (Å²) in [5.41, 5.74) is 0.834. The molecule has 1 aromatic carbocycles. The normalized spacial score (nSPS) is 16.8. The summed E-state index contributed by atoms with van der Waals surface area (Å²) >= 11 is 5.88. The van der Waals surface area contributed by atoms with Gasteiger partial charge in [-0.1, -0.05) is 11.6 Å². The molecule has 0 amide bonds. The van der Waals surface area contributed by atoms with E-state index in [-0.39, 0.29) is 5.82 Å². The Morgan fingerprint density at radius 2 is 2.11 bits per heavy atom. The average molecular weight is 273 g/mol. The maximum absolute atomic E-state index is 13.6. The van der Waals surface area contributed by atoms with Gasteiger partial charge in [0.15, 0.2) is 11.6 Å². The highest BCUT2D eigenvalue weighted by Crippen LogP contribution is 2.27. The number of nitrogens with zero attached hydrogens (tertiary/aromatic N) is 1. The molecular weight excluding hydrogens is 255 g/mol. The molecule has 1 N–H and O–H groups in total. The Kier molecular flexibility index (Phi) is 4.80. The molecule has 5 heteroatoms. The van der Waals surface area contributed by atoms with Crippen LogP contribution in [0.25, 0.3) is 0 Å². The summed E-state index contributed by atoms with van der Waals surface area (Å²) in [7, 11) is 1.49. The van der Waals surface area contributed by atoms with Crippen molar-refractivity contribution in [3.8, 4) is 5.75 Å². The van der Waals surface area contributed by atoms with Gasteiger partial charge in [0.25, 0.3) is 0 Å². The zero-order valence-electron chi connectivity index (χ0n) is 10.5. The van der Waals surface area contributed by atoms with Crippen molar-refractivity contribution in [3.05, 3.63) is 28.5 Å². The van der Waals surface area contributed by atoms with Crippen molar-refractivity contribution >= 4 is 11.6 Å². The Morgan fingerprint density at radius 1 is 1.39 bits per heavy atom. The Bertz CT molecular complexity index is 408. The molecule has 0 spiro atoms. The third-order valence-electron chi connectivity index (χ3n) is 3.20. The molecule has 0 saturated carbocycles. The fourth-order valence-corrected chi connectivity index (χ4v) is 2.47. The number of rotatable bonds is 4. The number of hydrogen-bond acceptors (Lipinski definition) is 3. The highest BCUT2D eigenvalue weighted by molar-refractivity contribution is 6.30. The quantitative estimate of drug-likeness (QED) is 0.907. The van der Waals surface area contributed by atoms with Gasteiger partial charge in [0.2, 0.25) is 0 Å². The zero-order valence-corrected chi connectivity index (χ0v) is 11.3. The smallest absolute Gasteiger partial charge is 0.166 e. The Balaban J connectivity index is 2.03. The van der Waals surface area contributed by atoms with Crippen molar-refractivity contribution in [1.29, 1.82) is 0 Å². The van der Waals surface area contributed by atoms with E-state index in [2.05, 4.69) is 10.2 Å². The minimum Gasteiger partial charge on any atom is -0.493 e. The second-order valence-corrected chi connectivity index (χ2v) is 4.86. The summed E-state index contributed by atoms with van der Waals surface area (Å²) in [5.74, 6) is -0.0742. The van der Waals surface area contributed by atoms with Crippen molar-refractivity contribution in [2.24, 2.45) is 0 Å². The molecule has 3 nitrogen and oxygen atoms in total. The lowest BCUT2D eigenvalue weighted by molar-refractivity contribution is 0.242. The summed E-state index contributed by atoms with van der Waals surface area (Å²) in [5, 5.41) is 3.73. The summed E-state index contributed by atoms with van der Waals surface area (Å²) in [4.78, 5) is 2.36. The lowest BCUT2D eigenvalue weighted by Gasteiger charge is -2.27. The standard InChI is InChI=1S/C13H18ClFN2O/c1-18-13-10(8-11(14)9-12(13)15)2-5-17-6-3-16-4-7-17/h8-9,16H,2-7H2,1H3. The molecule has 0 atom stereocenters. The number of methoxy groups -OCH3 is 1. The third kappa shape index (κ3) is 3.34. The minimum atomic E-state index is -0.389. The van der Waals surface area contributed by atoms with Crippen LogP contribution in [-0.2, 0) is 6.42 Å². The number of piperazine rings is 1. The molecule has 1 saturated heterocycles. The van der Waals surface area contributed by atoms with Gasteiger partial charge >= 0.3 is 0 Å². The van der Waals surface area contributed by atoms with Gasteiger partial charge in [-0.15, -0.1) is 0 Å². The summed E-state index contributed by atoms with van der Waals surface area (Å²) < 4.78 is 18.8. The van der Waals surface area contributed by atoms with E-state index in [9.17, 15) is 4.39 Å². The molecule has 1 aliphatic rings. The lowest BCUT2D eigenvalue weighted by atomic mass is 10.1. The van der Waals surface area contributed by atoms with Crippen molar-refractivity contribution < 1.29 is 9.13 Å². The molecular formula is C13H18ClFN2O. The van der Waals surface area contributed by atoms with Crippen LogP contribution in [0.1, 0.15) is 5.56 Å². The molecule has 1 fully saturated rings. The summed E-state index contributed by atoms with van der Waals surface area (Å²) in [6.07, 6.45) is 0.751. The molecule has 0 aromatic heterocycles. The number of nitrogens with one attached hydrogen (secondary N) is 1. The second-order valence-electron chi connectivity index (χ2n) is 4.42. The molecule has 18 heavy (non-hydrogen) atoms. The van der Waals surface area contributed by atoms with Crippen LogP contribution in [0, 0.1) is 5.82 Å². The van der Waals surface area contributed by atoms with E-state index in [1.54, 1.807) is 6.07 Å². The van der Waals surface area contributed by atoms with E-state index in [0.29, 0.717) is 10.8 Å². The first-order valence-corrected chi connectivity index (χ1v) is 6.53. The van der Waals surface area contributed by atoms with Gasteiger partial charge in [-0.2, -0.15) is 0 Å². The van der Waals surface area contributed by atoms with Crippen LogP contribution in [0.2, 0.25) is 5.02 Å². The maximum Gasteiger partial charge on any atom is 0.166 e. The minimum absolute atomic E-state index is 0.314. The second kappa shape index (κ2) is 6.36. The Morgan fingerprint density at radius 3 is 2.78 bits per heavy atom. The topological polar surface area (TPSA) is 24.5 Å². The van der Waals surface area contributed by atoms with Gasteiger partial charge < -0.3 is 15.0 Å². The van der Waals surface area contributed by atoms with Crippen LogP contribution < -0.4 is 10.1 Å². The van der Waals surface area contributed by atoms with Crippen molar-refractivity contribution in [2.75, 3.05) is 39.8 Å². The molecule has 1 aliphatic heterocycles. The first kappa shape index (κ1) is 13.6. The monoisotopic (exact) mass is 272 g/mol. The van der Waals surface area contributed by atoms with Crippen LogP contribution in [0.3, 0.4) is 0 Å². The van der Waals surface area contributed by atoms with E-state index in [1.807, 2.05) is 0 Å². The van der Waals surface area contributed by atoms with E-state index in [1.165, 1.54) is 13.2 Å². The van der Waals surface area contributed by atoms with Crippen LogP contribution in [0.15, 0.2) is 12.1 Å². The van der Waals surface area contributed by atoms with E-state index < -0.39 is 0 Å². The van der Waals surface area contributed by atoms with Gasteiger partial charge in [0.05, 0.1) is 7.11 Å². The lowest BCUT2D eigenvalue weighted by Crippen LogP contribution is -2.44. The van der Waals surface area contributed by atoms with Gasteiger partial charge in [0, 0.05) is 37.7 Å². The molecule has 0 bridgehead atoms. The predicted molar refractivity (Wildman–Crippen MR) is 71.0 cm³/mol. The number of hydrogen-bond donors (Lipinski definition) is 1. The molecule has 0 unspecified atom stereocenters. The van der Waals surface area contributed by atoms with E-state index >= 15 is 0 Å². The van der Waals surface area contributed by atoms with Crippen LogP contribution in [0.4, 0.5) is 4.39 Å². The average Bonchev–Trinajstić information content (AvgIpc) is 2.37. The molecule has 1 heterocycles. The van der Waals surface area contributed by atoms with Crippen LogP contribution in [-0.4, -0.2) is 44.7 Å². The molecule has 0 radical (unpaired) electrons. The predicted octanol–water partition coefficient (Wildman–Crippen LogP) is 1.94. The van der Waals surface area contributed by atoms with Gasteiger partial charge in [-0.05, 0) is 24.1 Å². The van der Waals surface area contributed by atoms with Gasteiger partial charge in [0.1, 0.15) is 0 Å². The number of halogens is 2. The maximum atomic E-state index is 13.6. The first-order valence-electron chi connectivity index (χ1n) is 6.15. The fraction of sp³-hybridized carbons (Fsp3) is 0.538. The zero-order chi connectivity index (χ0) is 13.0. The van der Waals surface area contributed by atoms with E-state index in [0.717, 1.165) is 44.7 Å². The van der Waals surface area contributed by atoms with Gasteiger partial charge in [-0.3, -0.25) is 0 Å². The molecule has 100 valence electrons. The Labute approximate surface area is 112 Å². The van der Waals surface area contributed by atoms with Crippen molar-refractivity contribution in [1.82, 2.24) is 10.2 Å². The van der Waals surface area contributed by atoms with Gasteiger partial charge in [-0.25, -0.2) is 4.39 Å². The summed E-state index contributed by atoms with van der Waals surface area (Å²) in [6.45, 7) is 5.00. The van der Waals surface area contributed by atoms with Crippen molar-refractivity contribution in [2.45, 2.75) is 6.42 Å². The van der Waals surface area contributed by atoms with Crippen LogP contribution in [0.5, 0.6) is 5.75 Å². The van der Waals surface area contributed by atoms with Crippen LogP contribution >= 0.6 is 11.6 Å².